The Kier molecular flexibility index (Phi) is 6.40. The molecule has 1 rings (SSSR count). The SMILES string of the molecule is COC(CNC(=O)OC(C)(C)C)c1ccccc1OS(C)(=O)=O. The minimum absolute atomic E-state index is 0.107. The first-order chi connectivity index (χ1) is 10.5. The Morgan fingerprint density at radius 1 is 1.26 bits per heavy atom. The zero-order valence-corrected chi connectivity index (χ0v) is 14.8. The first kappa shape index (κ1) is 19.2. The Hall–Kier alpha value is -1.80. The fourth-order valence-corrected chi connectivity index (χ4v) is 2.27. The largest absolute Gasteiger partial charge is 0.444 e. The van der Waals surface area contributed by atoms with Gasteiger partial charge in [-0.3, -0.25) is 0 Å². The number of benzene rings is 1. The zero-order valence-electron chi connectivity index (χ0n) is 14.0. The van der Waals surface area contributed by atoms with Crippen LogP contribution in [-0.4, -0.2) is 40.0 Å². The minimum Gasteiger partial charge on any atom is -0.444 e. The summed E-state index contributed by atoms with van der Waals surface area (Å²) in [6.07, 6.45) is -0.202. The van der Waals surface area contributed by atoms with E-state index in [0.29, 0.717) is 5.56 Å². The summed E-state index contributed by atoms with van der Waals surface area (Å²) in [5, 5.41) is 2.59. The predicted molar refractivity (Wildman–Crippen MR) is 85.9 cm³/mol. The van der Waals surface area contributed by atoms with E-state index in [0.717, 1.165) is 6.26 Å². The molecule has 1 amide bonds. The van der Waals surface area contributed by atoms with Crippen molar-refractivity contribution >= 4 is 16.2 Å². The van der Waals surface area contributed by atoms with Gasteiger partial charge in [0.05, 0.1) is 12.8 Å². The lowest BCUT2D eigenvalue weighted by atomic mass is 10.1. The molecule has 1 unspecified atom stereocenters. The summed E-state index contributed by atoms with van der Waals surface area (Å²) in [4.78, 5) is 11.7. The van der Waals surface area contributed by atoms with E-state index < -0.39 is 27.9 Å². The van der Waals surface area contributed by atoms with Crippen molar-refractivity contribution in [1.82, 2.24) is 5.32 Å². The fourth-order valence-electron chi connectivity index (χ4n) is 1.80. The van der Waals surface area contributed by atoms with Crippen molar-refractivity contribution < 1.29 is 26.9 Å². The number of carbonyl (C=O) groups excluding carboxylic acids is 1. The van der Waals surface area contributed by atoms with Crippen LogP contribution < -0.4 is 9.50 Å². The molecule has 0 heterocycles. The van der Waals surface area contributed by atoms with Crippen molar-refractivity contribution in [3.63, 3.8) is 0 Å². The van der Waals surface area contributed by atoms with Crippen LogP contribution in [0.5, 0.6) is 5.75 Å². The number of methoxy groups -OCH3 is 1. The Labute approximate surface area is 137 Å². The van der Waals surface area contributed by atoms with Gasteiger partial charge in [0.1, 0.15) is 17.5 Å². The molecule has 8 heteroatoms. The van der Waals surface area contributed by atoms with Gasteiger partial charge in [0.2, 0.25) is 0 Å². The van der Waals surface area contributed by atoms with Crippen LogP contribution in [0.1, 0.15) is 32.4 Å². The number of hydrogen-bond acceptors (Lipinski definition) is 6. The molecule has 7 nitrogen and oxygen atoms in total. The molecular formula is C15H23NO6S. The van der Waals surface area contributed by atoms with Crippen molar-refractivity contribution in [2.24, 2.45) is 0 Å². The van der Waals surface area contributed by atoms with Crippen LogP contribution in [0.2, 0.25) is 0 Å². The average molecular weight is 345 g/mol. The third-order valence-corrected chi connectivity index (χ3v) is 3.10. The highest BCUT2D eigenvalue weighted by Crippen LogP contribution is 2.27. The number of para-hydroxylation sites is 1. The number of alkyl carbamates (subject to hydrolysis) is 1. The van der Waals surface area contributed by atoms with E-state index in [1.54, 1.807) is 39.0 Å². The molecule has 0 aliphatic heterocycles. The van der Waals surface area contributed by atoms with Crippen LogP contribution in [0.15, 0.2) is 24.3 Å². The van der Waals surface area contributed by atoms with Crippen molar-refractivity contribution in [1.29, 1.82) is 0 Å². The second kappa shape index (κ2) is 7.65. The van der Waals surface area contributed by atoms with Gasteiger partial charge < -0.3 is 19.0 Å². The number of rotatable bonds is 6. The van der Waals surface area contributed by atoms with Gasteiger partial charge in [0, 0.05) is 12.7 Å². The van der Waals surface area contributed by atoms with Crippen molar-refractivity contribution in [3.05, 3.63) is 29.8 Å². The molecule has 0 radical (unpaired) electrons. The van der Waals surface area contributed by atoms with E-state index >= 15 is 0 Å². The molecule has 1 atom stereocenters. The number of ether oxygens (including phenoxy) is 2. The van der Waals surface area contributed by atoms with E-state index in [-0.39, 0.29) is 12.3 Å². The van der Waals surface area contributed by atoms with Crippen LogP contribution in [0, 0.1) is 0 Å². The molecular weight excluding hydrogens is 322 g/mol. The quantitative estimate of drug-likeness (QED) is 0.795. The molecule has 0 spiro atoms. The summed E-state index contributed by atoms with van der Waals surface area (Å²) >= 11 is 0. The molecule has 23 heavy (non-hydrogen) atoms. The highest BCUT2D eigenvalue weighted by molar-refractivity contribution is 7.86. The van der Waals surface area contributed by atoms with Gasteiger partial charge >= 0.3 is 16.2 Å². The first-order valence-electron chi connectivity index (χ1n) is 7.00. The van der Waals surface area contributed by atoms with Crippen LogP contribution in [0.3, 0.4) is 0 Å². The van der Waals surface area contributed by atoms with Gasteiger partial charge in [-0.05, 0) is 26.8 Å². The van der Waals surface area contributed by atoms with Crippen LogP contribution >= 0.6 is 0 Å². The standard InChI is InChI=1S/C15H23NO6S/c1-15(2,3)21-14(17)16-10-13(20-4)11-8-6-7-9-12(11)22-23(5,18)19/h6-9,13H,10H2,1-5H3,(H,16,17). The second-order valence-electron chi connectivity index (χ2n) is 5.93. The maximum absolute atomic E-state index is 11.7. The summed E-state index contributed by atoms with van der Waals surface area (Å²) in [5.74, 6) is 0.160. The summed E-state index contributed by atoms with van der Waals surface area (Å²) in [6.45, 7) is 5.39. The Morgan fingerprint density at radius 2 is 1.87 bits per heavy atom. The van der Waals surface area contributed by atoms with Gasteiger partial charge in [-0.2, -0.15) is 8.42 Å². The smallest absolute Gasteiger partial charge is 0.407 e. The van der Waals surface area contributed by atoms with Crippen LogP contribution in [0.25, 0.3) is 0 Å². The summed E-state index contributed by atoms with van der Waals surface area (Å²) in [6, 6.07) is 6.57. The second-order valence-corrected chi connectivity index (χ2v) is 7.51. The molecule has 1 aromatic rings. The average Bonchev–Trinajstić information content (AvgIpc) is 2.37. The molecule has 0 saturated carbocycles. The molecule has 1 aromatic carbocycles. The lowest BCUT2D eigenvalue weighted by Crippen LogP contribution is -2.35. The maximum Gasteiger partial charge on any atom is 0.407 e. The molecule has 0 aromatic heterocycles. The molecule has 0 aliphatic carbocycles. The maximum atomic E-state index is 11.7. The van der Waals surface area contributed by atoms with Crippen LogP contribution in [-0.2, 0) is 19.6 Å². The van der Waals surface area contributed by atoms with E-state index in [2.05, 4.69) is 5.32 Å². The van der Waals surface area contributed by atoms with Crippen molar-refractivity contribution in [2.45, 2.75) is 32.5 Å². The van der Waals surface area contributed by atoms with E-state index in [1.165, 1.54) is 13.2 Å². The topological polar surface area (TPSA) is 90.9 Å². The molecule has 0 aliphatic rings. The van der Waals surface area contributed by atoms with Crippen molar-refractivity contribution in [3.8, 4) is 5.75 Å². The Bertz CT molecular complexity index is 636. The first-order valence-corrected chi connectivity index (χ1v) is 8.81. The number of carbonyl (C=O) groups is 1. The third-order valence-electron chi connectivity index (χ3n) is 2.62. The summed E-state index contributed by atoms with van der Waals surface area (Å²) in [5.41, 5.74) is -0.0966. The normalized spacial score (nSPS) is 13.3. The van der Waals surface area contributed by atoms with Gasteiger partial charge in [-0.1, -0.05) is 18.2 Å². The van der Waals surface area contributed by atoms with Gasteiger partial charge in [-0.25, -0.2) is 4.79 Å². The van der Waals surface area contributed by atoms with E-state index in [1.807, 2.05) is 0 Å². The summed E-state index contributed by atoms with van der Waals surface area (Å²) < 4.78 is 38.1. The lowest BCUT2D eigenvalue weighted by molar-refractivity contribution is 0.0454. The highest BCUT2D eigenvalue weighted by Gasteiger charge is 2.21. The number of amides is 1. The highest BCUT2D eigenvalue weighted by atomic mass is 32.2. The molecule has 1 N–H and O–H groups in total. The van der Waals surface area contributed by atoms with Gasteiger partial charge in [0.15, 0.2) is 0 Å². The molecule has 0 fully saturated rings. The number of nitrogens with one attached hydrogen (secondary N) is 1. The van der Waals surface area contributed by atoms with Gasteiger partial charge in [0.25, 0.3) is 0 Å². The van der Waals surface area contributed by atoms with Crippen molar-refractivity contribution in [2.75, 3.05) is 19.9 Å². The Balaban J connectivity index is 2.84. The molecule has 0 saturated heterocycles. The number of hydrogen-bond donors (Lipinski definition) is 1. The monoisotopic (exact) mass is 345 g/mol. The molecule has 0 bridgehead atoms. The zero-order chi connectivity index (χ0) is 17.7. The third kappa shape index (κ3) is 7.34. The lowest BCUT2D eigenvalue weighted by Gasteiger charge is -2.22. The van der Waals surface area contributed by atoms with E-state index in [4.69, 9.17) is 13.7 Å². The minimum atomic E-state index is -3.66. The van der Waals surface area contributed by atoms with Crippen LogP contribution in [0.4, 0.5) is 4.79 Å². The Morgan fingerprint density at radius 3 is 2.39 bits per heavy atom. The van der Waals surface area contributed by atoms with E-state index in [9.17, 15) is 13.2 Å². The predicted octanol–water partition coefficient (Wildman–Crippen LogP) is 2.24. The summed E-state index contributed by atoms with van der Waals surface area (Å²) in [7, 11) is -2.21. The van der Waals surface area contributed by atoms with Gasteiger partial charge in [-0.15, -0.1) is 0 Å². The molecule has 130 valence electrons. The fraction of sp³-hybridized carbons (Fsp3) is 0.533.